The Morgan fingerprint density at radius 3 is 2.65 bits per heavy atom. The van der Waals surface area contributed by atoms with Crippen molar-refractivity contribution in [1.82, 2.24) is 15.1 Å². The molecule has 0 spiro atoms. The van der Waals surface area contributed by atoms with Gasteiger partial charge in [-0.25, -0.2) is 0 Å². The molecular formula is C16H14N4O4S2. The Kier molecular flexibility index (Phi) is 5.33. The number of aryl methyl sites for hydroxylation is 1. The minimum absolute atomic E-state index is 0.106. The van der Waals surface area contributed by atoms with Crippen molar-refractivity contribution in [2.45, 2.75) is 13.3 Å². The fourth-order valence-corrected chi connectivity index (χ4v) is 3.64. The molecule has 1 aromatic heterocycles. The largest absolute Gasteiger partial charge is 0.508 e. The van der Waals surface area contributed by atoms with Crippen molar-refractivity contribution in [2.24, 2.45) is 0 Å². The molecule has 3 amide bonds. The van der Waals surface area contributed by atoms with E-state index in [4.69, 9.17) is 0 Å². The van der Waals surface area contributed by atoms with Gasteiger partial charge < -0.3 is 5.11 Å². The number of anilines is 1. The Hall–Kier alpha value is -2.72. The molecular weight excluding hydrogens is 376 g/mol. The lowest BCUT2D eigenvalue weighted by atomic mass is 10.2. The summed E-state index contributed by atoms with van der Waals surface area (Å²) in [6.45, 7) is 1.53. The van der Waals surface area contributed by atoms with Gasteiger partial charge >= 0.3 is 0 Å². The van der Waals surface area contributed by atoms with Gasteiger partial charge in [-0.15, -0.1) is 10.2 Å². The lowest BCUT2D eigenvalue weighted by Crippen LogP contribution is -2.36. The van der Waals surface area contributed by atoms with Crippen LogP contribution in [0.15, 0.2) is 29.2 Å². The van der Waals surface area contributed by atoms with Crippen molar-refractivity contribution in [2.75, 3.05) is 11.9 Å². The molecule has 1 aliphatic heterocycles. The van der Waals surface area contributed by atoms with Gasteiger partial charge in [0.05, 0.1) is 4.91 Å². The number of aromatic nitrogens is 2. The number of phenols is 1. The van der Waals surface area contributed by atoms with Crippen molar-refractivity contribution >= 4 is 51.4 Å². The number of carbonyl (C=O) groups is 3. The van der Waals surface area contributed by atoms with Crippen molar-refractivity contribution in [3.63, 3.8) is 0 Å². The number of nitrogens with zero attached hydrogens (tertiary/aromatic N) is 3. The van der Waals surface area contributed by atoms with Crippen LogP contribution in [0, 0.1) is 0 Å². The molecule has 3 rings (SSSR count). The maximum Gasteiger partial charge on any atom is 0.294 e. The fraction of sp³-hybridized carbons (Fsp3) is 0.188. The van der Waals surface area contributed by atoms with Crippen LogP contribution in [0.5, 0.6) is 5.75 Å². The standard InChI is InChI=1S/C16H14N4O4S2/c1-2-13-18-19-15(26-13)17-12(22)8-20-14(23)11(25-16(20)24)7-9-3-5-10(21)6-4-9/h3-7,21H,2,8H2,1H3,(H,17,19,22)/b11-7+. The van der Waals surface area contributed by atoms with E-state index in [1.54, 1.807) is 18.2 Å². The van der Waals surface area contributed by atoms with Gasteiger partial charge in [0.2, 0.25) is 11.0 Å². The Balaban J connectivity index is 1.66. The number of benzene rings is 1. The second-order valence-corrected chi connectivity index (χ2v) is 7.32. The van der Waals surface area contributed by atoms with Crippen LogP contribution >= 0.6 is 23.1 Å². The summed E-state index contributed by atoms with van der Waals surface area (Å²) in [4.78, 5) is 37.6. The summed E-state index contributed by atoms with van der Waals surface area (Å²) in [6.07, 6.45) is 2.25. The molecule has 26 heavy (non-hydrogen) atoms. The number of nitrogens with one attached hydrogen (secondary N) is 1. The van der Waals surface area contributed by atoms with E-state index in [9.17, 15) is 19.5 Å². The Bertz CT molecular complexity index is 892. The van der Waals surface area contributed by atoms with E-state index >= 15 is 0 Å². The monoisotopic (exact) mass is 390 g/mol. The Morgan fingerprint density at radius 1 is 1.27 bits per heavy atom. The first-order chi connectivity index (χ1) is 12.5. The lowest BCUT2D eigenvalue weighted by Gasteiger charge is -2.11. The van der Waals surface area contributed by atoms with Gasteiger partial charge in [0.15, 0.2) is 0 Å². The van der Waals surface area contributed by atoms with E-state index in [1.807, 2.05) is 6.92 Å². The van der Waals surface area contributed by atoms with Crippen LogP contribution in [0.2, 0.25) is 0 Å². The molecule has 1 aliphatic rings. The summed E-state index contributed by atoms with van der Waals surface area (Å²) in [5.74, 6) is -0.943. The van der Waals surface area contributed by atoms with Gasteiger partial charge in [-0.05, 0) is 42.0 Å². The maximum atomic E-state index is 12.4. The molecule has 0 bridgehead atoms. The highest BCUT2D eigenvalue weighted by atomic mass is 32.2. The zero-order valence-electron chi connectivity index (χ0n) is 13.6. The Labute approximate surface area is 156 Å². The predicted octanol–water partition coefficient (Wildman–Crippen LogP) is 2.48. The minimum atomic E-state index is -0.533. The topological polar surface area (TPSA) is 112 Å². The van der Waals surface area contributed by atoms with Crippen molar-refractivity contribution in [3.05, 3.63) is 39.7 Å². The van der Waals surface area contributed by atoms with E-state index in [2.05, 4.69) is 15.5 Å². The SMILES string of the molecule is CCc1nnc(NC(=O)CN2C(=O)S/C(=C/c3ccc(O)cc3)C2=O)s1. The first-order valence-corrected chi connectivity index (χ1v) is 9.26. The summed E-state index contributed by atoms with van der Waals surface area (Å²) in [5, 5.41) is 20.1. The molecule has 2 heterocycles. The fourth-order valence-electron chi connectivity index (χ4n) is 2.11. The molecule has 0 aliphatic carbocycles. The van der Waals surface area contributed by atoms with Gasteiger partial charge in [-0.2, -0.15) is 0 Å². The second kappa shape index (κ2) is 7.67. The highest BCUT2D eigenvalue weighted by molar-refractivity contribution is 8.18. The van der Waals surface area contributed by atoms with Crippen LogP contribution in [-0.4, -0.2) is 43.8 Å². The highest BCUT2D eigenvalue weighted by Gasteiger charge is 2.36. The summed E-state index contributed by atoms with van der Waals surface area (Å²) in [7, 11) is 0. The molecule has 0 saturated carbocycles. The molecule has 0 unspecified atom stereocenters. The third-order valence-electron chi connectivity index (χ3n) is 3.38. The molecule has 8 nitrogen and oxygen atoms in total. The van der Waals surface area contributed by atoms with Gasteiger partial charge in [0.25, 0.3) is 11.1 Å². The summed E-state index contributed by atoms with van der Waals surface area (Å²) < 4.78 is 0. The average molecular weight is 390 g/mol. The summed E-state index contributed by atoms with van der Waals surface area (Å²) in [6, 6.07) is 6.21. The maximum absolute atomic E-state index is 12.4. The number of carbonyl (C=O) groups excluding carboxylic acids is 3. The van der Waals surface area contributed by atoms with Crippen LogP contribution in [0.3, 0.4) is 0 Å². The van der Waals surface area contributed by atoms with E-state index < -0.39 is 23.6 Å². The normalized spacial score (nSPS) is 15.7. The van der Waals surface area contributed by atoms with E-state index in [0.717, 1.165) is 21.7 Å². The number of hydrogen-bond donors (Lipinski definition) is 2. The quantitative estimate of drug-likeness (QED) is 0.754. The van der Waals surface area contributed by atoms with Crippen LogP contribution in [-0.2, 0) is 16.0 Å². The molecule has 1 saturated heterocycles. The first kappa shape index (κ1) is 18.1. The molecule has 0 radical (unpaired) electrons. The van der Waals surface area contributed by atoms with Crippen LogP contribution in [0.1, 0.15) is 17.5 Å². The molecule has 10 heteroatoms. The number of phenolic OH excluding ortho intramolecular Hbond substituents is 1. The Morgan fingerprint density at radius 2 is 2.00 bits per heavy atom. The summed E-state index contributed by atoms with van der Waals surface area (Å²) >= 11 is 2.01. The molecule has 1 fully saturated rings. The molecule has 134 valence electrons. The lowest BCUT2D eigenvalue weighted by molar-refractivity contribution is -0.127. The van der Waals surface area contributed by atoms with Crippen LogP contribution in [0.4, 0.5) is 9.93 Å². The van der Waals surface area contributed by atoms with Crippen LogP contribution < -0.4 is 5.32 Å². The van der Waals surface area contributed by atoms with Gasteiger partial charge in [0.1, 0.15) is 17.3 Å². The number of rotatable bonds is 5. The number of aromatic hydroxyl groups is 1. The van der Waals surface area contributed by atoms with Gasteiger partial charge in [0, 0.05) is 0 Å². The first-order valence-electron chi connectivity index (χ1n) is 7.63. The van der Waals surface area contributed by atoms with Crippen molar-refractivity contribution < 1.29 is 19.5 Å². The number of imide groups is 1. The van der Waals surface area contributed by atoms with Crippen LogP contribution in [0.25, 0.3) is 6.08 Å². The molecule has 2 N–H and O–H groups in total. The molecule has 2 aromatic rings. The van der Waals surface area contributed by atoms with Crippen molar-refractivity contribution in [1.29, 1.82) is 0 Å². The minimum Gasteiger partial charge on any atom is -0.508 e. The average Bonchev–Trinajstić information content (AvgIpc) is 3.17. The number of amides is 3. The summed E-state index contributed by atoms with van der Waals surface area (Å²) in [5.41, 5.74) is 0.665. The van der Waals surface area contributed by atoms with E-state index in [0.29, 0.717) is 17.1 Å². The van der Waals surface area contributed by atoms with E-state index in [1.165, 1.54) is 23.5 Å². The number of thioether (sulfide) groups is 1. The molecule has 0 atom stereocenters. The van der Waals surface area contributed by atoms with Gasteiger partial charge in [-0.3, -0.25) is 24.6 Å². The number of hydrogen-bond acceptors (Lipinski definition) is 8. The third-order valence-corrected chi connectivity index (χ3v) is 5.27. The second-order valence-electron chi connectivity index (χ2n) is 5.26. The molecule has 1 aromatic carbocycles. The predicted molar refractivity (Wildman–Crippen MR) is 98.7 cm³/mol. The third kappa shape index (κ3) is 4.09. The van der Waals surface area contributed by atoms with E-state index in [-0.39, 0.29) is 10.7 Å². The zero-order valence-corrected chi connectivity index (χ0v) is 15.3. The van der Waals surface area contributed by atoms with Gasteiger partial charge in [-0.1, -0.05) is 30.4 Å². The highest BCUT2D eigenvalue weighted by Crippen LogP contribution is 2.32. The zero-order chi connectivity index (χ0) is 18.7. The van der Waals surface area contributed by atoms with Crippen molar-refractivity contribution in [3.8, 4) is 5.75 Å². The smallest absolute Gasteiger partial charge is 0.294 e.